The molecule has 0 saturated heterocycles. The molecule has 1 aromatic heterocycles. The van der Waals surface area contributed by atoms with E-state index in [1.54, 1.807) is 18.2 Å². The highest BCUT2D eigenvalue weighted by atomic mass is 19.1. The molecule has 0 aliphatic carbocycles. The van der Waals surface area contributed by atoms with Crippen molar-refractivity contribution in [3.63, 3.8) is 0 Å². The Morgan fingerprint density at radius 3 is 2.40 bits per heavy atom. The number of anilines is 1. The van der Waals surface area contributed by atoms with Crippen LogP contribution < -0.4 is 10.9 Å². The Kier molecular flexibility index (Phi) is 4.70. The van der Waals surface area contributed by atoms with Crippen molar-refractivity contribution < 1.29 is 13.6 Å². The van der Waals surface area contributed by atoms with Crippen LogP contribution in [-0.4, -0.2) is 10.5 Å². The van der Waals surface area contributed by atoms with Gasteiger partial charge >= 0.3 is 0 Å². The molecule has 25 heavy (non-hydrogen) atoms. The fourth-order valence-electron chi connectivity index (χ4n) is 2.35. The van der Waals surface area contributed by atoms with E-state index in [4.69, 9.17) is 0 Å². The number of halogens is 2. The Morgan fingerprint density at radius 2 is 1.72 bits per heavy atom. The molecule has 0 bridgehead atoms. The molecule has 1 amide bonds. The molecule has 0 radical (unpaired) electrons. The molecule has 4 nitrogen and oxygen atoms in total. The second-order valence-corrected chi connectivity index (χ2v) is 5.47. The largest absolute Gasteiger partial charge is 0.322 e. The van der Waals surface area contributed by atoms with Crippen LogP contribution in [0.4, 0.5) is 14.5 Å². The minimum Gasteiger partial charge on any atom is -0.322 e. The van der Waals surface area contributed by atoms with E-state index < -0.39 is 11.7 Å². The van der Waals surface area contributed by atoms with E-state index in [0.717, 1.165) is 0 Å². The summed E-state index contributed by atoms with van der Waals surface area (Å²) < 4.78 is 27.5. The van der Waals surface area contributed by atoms with Gasteiger partial charge in [0, 0.05) is 23.5 Å². The molecule has 3 aromatic rings. The first kappa shape index (κ1) is 16.6. The zero-order valence-electron chi connectivity index (χ0n) is 13.1. The van der Waals surface area contributed by atoms with E-state index in [2.05, 4.69) is 5.32 Å². The SMILES string of the molecule is O=C(Nc1ccn(Cc2cccc(F)c2)c(=O)c1)c1ccc(F)cc1. The zero-order valence-corrected chi connectivity index (χ0v) is 13.1. The summed E-state index contributed by atoms with van der Waals surface area (Å²) in [7, 11) is 0. The van der Waals surface area contributed by atoms with Crippen LogP contribution in [0.15, 0.2) is 71.7 Å². The van der Waals surface area contributed by atoms with Crippen LogP contribution in [0.5, 0.6) is 0 Å². The summed E-state index contributed by atoms with van der Waals surface area (Å²) in [6.45, 7) is 0.225. The standard InChI is InChI=1S/C19H14F2N2O2/c20-15-6-4-14(5-7-15)19(25)22-17-8-9-23(18(24)11-17)12-13-2-1-3-16(21)10-13/h1-11H,12H2,(H,22,25). The van der Waals surface area contributed by atoms with Crippen molar-refractivity contribution in [1.82, 2.24) is 4.57 Å². The lowest BCUT2D eigenvalue weighted by molar-refractivity contribution is 0.102. The van der Waals surface area contributed by atoms with Gasteiger partial charge in [-0.25, -0.2) is 8.78 Å². The van der Waals surface area contributed by atoms with Crippen molar-refractivity contribution in [2.24, 2.45) is 0 Å². The van der Waals surface area contributed by atoms with Crippen molar-refractivity contribution in [2.75, 3.05) is 5.32 Å². The fourth-order valence-corrected chi connectivity index (χ4v) is 2.35. The van der Waals surface area contributed by atoms with Crippen LogP contribution in [0, 0.1) is 11.6 Å². The molecule has 3 rings (SSSR count). The highest BCUT2D eigenvalue weighted by Crippen LogP contribution is 2.09. The Hall–Kier alpha value is -3.28. The van der Waals surface area contributed by atoms with E-state index >= 15 is 0 Å². The molecule has 0 fully saturated rings. The van der Waals surface area contributed by atoms with E-state index in [0.29, 0.717) is 11.3 Å². The number of rotatable bonds is 4. The maximum atomic E-state index is 13.2. The van der Waals surface area contributed by atoms with Gasteiger partial charge in [0.15, 0.2) is 0 Å². The number of aromatic nitrogens is 1. The summed E-state index contributed by atoms with van der Waals surface area (Å²) >= 11 is 0. The molecule has 1 N–H and O–H groups in total. The molecular formula is C19H14F2N2O2. The minimum absolute atomic E-state index is 0.225. The summed E-state index contributed by atoms with van der Waals surface area (Å²) in [5.41, 5.74) is 0.937. The number of hydrogen-bond acceptors (Lipinski definition) is 2. The average Bonchev–Trinajstić information content (AvgIpc) is 2.58. The predicted octanol–water partition coefficient (Wildman–Crippen LogP) is 3.43. The Bertz CT molecular complexity index is 966. The number of amides is 1. The number of pyridine rings is 1. The number of nitrogens with one attached hydrogen (secondary N) is 1. The van der Waals surface area contributed by atoms with Gasteiger partial charge in [0.05, 0.1) is 6.54 Å². The molecule has 0 atom stereocenters. The zero-order chi connectivity index (χ0) is 17.8. The first-order valence-corrected chi connectivity index (χ1v) is 7.53. The number of carbonyl (C=O) groups is 1. The minimum atomic E-state index is -0.442. The van der Waals surface area contributed by atoms with Crippen molar-refractivity contribution in [2.45, 2.75) is 6.54 Å². The van der Waals surface area contributed by atoms with Gasteiger partial charge in [0.25, 0.3) is 11.5 Å². The van der Waals surface area contributed by atoms with Crippen LogP contribution >= 0.6 is 0 Å². The third kappa shape index (κ3) is 4.17. The van der Waals surface area contributed by atoms with Crippen molar-refractivity contribution >= 4 is 11.6 Å². The Labute approximate surface area is 142 Å². The molecule has 0 spiro atoms. The van der Waals surface area contributed by atoms with Crippen LogP contribution in [-0.2, 0) is 6.54 Å². The first-order valence-electron chi connectivity index (χ1n) is 7.53. The van der Waals surface area contributed by atoms with Crippen molar-refractivity contribution in [1.29, 1.82) is 0 Å². The Balaban J connectivity index is 1.74. The number of nitrogens with zero attached hydrogens (tertiary/aromatic N) is 1. The summed E-state index contributed by atoms with van der Waals surface area (Å²) in [6, 6.07) is 13.9. The van der Waals surface area contributed by atoms with Crippen molar-refractivity contribution in [3.8, 4) is 0 Å². The Morgan fingerprint density at radius 1 is 0.960 bits per heavy atom. The smallest absolute Gasteiger partial charge is 0.255 e. The molecule has 1 heterocycles. The third-order valence-corrected chi connectivity index (χ3v) is 3.60. The molecule has 2 aromatic carbocycles. The molecular weight excluding hydrogens is 326 g/mol. The first-order chi connectivity index (χ1) is 12.0. The van der Waals surface area contributed by atoms with Gasteiger partial charge in [0.1, 0.15) is 11.6 Å². The molecule has 6 heteroatoms. The second kappa shape index (κ2) is 7.09. The van der Waals surface area contributed by atoms with Gasteiger partial charge in [-0.1, -0.05) is 12.1 Å². The molecule has 0 aliphatic rings. The van der Waals surface area contributed by atoms with Gasteiger partial charge in [0.2, 0.25) is 0 Å². The lowest BCUT2D eigenvalue weighted by Gasteiger charge is -2.09. The van der Waals surface area contributed by atoms with E-state index in [-0.39, 0.29) is 23.5 Å². The second-order valence-electron chi connectivity index (χ2n) is 5.47. The van der Waals surface area contributed by atoms with Gasteiger partial charge < -0.3 is 9.88 Å². The van der Waals surface area contributed by atoms with E-state index in [1.165, 1.54) is 53.2 Å². The maximum absolute atomic E-state index is 13.2. The highest BCUT2D eigenvalue weighted by Gasteiger charge is 2.07. The molecule has 0 saturated carbocycles. The summed E-state index contributed by atoms with van der Waals surface area (Å²) in [6.07, 6.45) is 1.52. The highest BCUT2D eigenvalue weighted by molar-refractivity contribution is 6.04. The monoisotopic (exact) mass is 340 g/mol. The predicted molar refractivity (Wildman–Crippen MR) is 90.6 cm³/mol. The van der Waals surface area contributed by atoms with Crippen LogP contribution in [0.2, 0.25) is 0 Å². The summed E-state index contributed by atoms with van der Waals surface area (Å²) in [5.74, 6) is -1.24. The molecule has 126 valence electrons. The summed E-state index contributed by atoms with van der Waals surface area (Å²) in [5, 5.41) is 2.58. The van der Waals surface area contributed by atoms with E-state index in [1.807, 2.05) is 0 Å². The molecule has 0 unspecified atom stereocenters. The van der Waals surface area contributed by atoms with Crippen LogP contribution in [0.3, 0.4) is 0 Å². The van der Waals surface area contributed by atoms with Gasteiger partial charge in [-0.05, 0) is 48.0 Å². The van der Waals surface area contributed by atoms with E-state index in [9.17, 15) is 18.4 Å². The van der Waals surface area contributed by atoms with Crippen molar-refractivity contribution in [3.05, 3.63) is 100.0 Å². The van der Waals surface area contributed by atoms with Gasteiger partial charge in [-0.3, -0.25) is 9.59 Å². The topological polar surface area (TPSA) is 51.1 Å². The van der Waals surface area contributed by atoms with Gasteiger partial charge in [-0.2, -0.15) is 0 Å². The number of hydrogen-bond donors (Lipinski definition) is 1. The lowest BCUT2D eigenvalue weighted by atomic mass is 10.2. The normalized spacial score (nSPS) is 10.5. The maximum Gasteiger partial charge on any atom is 0.255 e. The molecule has 0 aliphatic heterocycles. The van der Waals surface area contributed by atoms with Gasteiger partial charge in [-0.15, -0.1) is 0 Å². The number of benzene rings is 2. The van der Waals surface area contributed by atoms with Crippen LogP contribution in [0.25, 0.3) is 0 Å². The number of carbonyl (C=O) groups excluding carboxylic acids is 1. The average molecular weight is 340 g/mol. The van der Waals surface area contributed by atoms with Crippen LogP contribution in [0.1, 0.15) is 15.9 Å². The lowest BCUT2D eigenvalue weighted by Crippen LogP contribution is -2.21. The fraction of sp³-hybridized carbons (Fsp3) is 0.0526. The quantitative estimate of drug-likeness (QED) is 0.791. The third-order valence-electron chi connectivity index (χ3n) is 3.60. The summed E-state index contributed by atoms with van der Waals surface area (Å²) in [4.78, 5) is 24.2.